The van der Waals surface area contributed by atoms with E-state index in [2.05, 4.69) is 0 Å². The molecule has 0 unspecified atom stereocenters. The first kappa shape index (κ1) is 11.8. The quantitative estimate of drug-likeness (QED) is 0.716. The van der Waals surface area contributed by atoms with Crippen molar-refractivity contribution >= 4 is 23.5 Å². The van der Waals surface area contributed by atoms with Gasteiger partial charge in [0.2, 0.25) is 0 Å². The molecular formula is C10H6ClF3O. The van der Waals surface area contributed by atoms with Crippen molar-refractivity contribution in [1.82, 2.24) is 0 Å². The van der Waals surface area contributed by atoms with E-state index in [-0.39, 0.29) is 0 Å². The van der Waals surface area contributed by atoms with E-state index in [4.69, 9.17) is 11.6 Å². The third-order valence-electron chi connectivity index (χ3n) is 1.60. The van der Waals surface area contributed by atoms with E-state index in [9.17, 15) is 18.0 Å². The lowest BCUT2D eigenvalue weighted by molar-refractivity contribution is -0.165. The normalized spacial score (nSPS) is 12.0. The molecule has 1 aromatic rings. The summed E-state index contributed by atoms with van der Waals surface area (Å²) in [6.45, 7) is 0. The fraction of sp³-hybridized carbons (Fsp3) is 0.100. The molecule has 0 saturated carbocycles. The van der Waals surface area contributed by atoms with Gasteiger partial charge in [-0.1, -0.05) is 29.8 Å². The Kier molecular flexibility index (Phi) is 3.52. The molecule has 0 atom stereocenters. The van der Waals surface area contributed by atoms with Crippen LogP contribution in [0.2, 0.25) is 5.02 Å². The van der Waals surface area contributed by atoms with Gasteiger partial charge in [0.15, 0.2) is 0 Å². The summed E-state index contributed by atoms with van der Waals surface area (Å²) in [6, 6.07) is 6.30. The standard InChI is InChI=1S/C10H6ClF3O/c11-8-4-2-1-3-7(8)5-6-9(15)10(12,13)14/h1-6H/b6-5-. The van der Waals surface area contributed by atoms with Crippen LogP contribution in [0.4, 0.5) is 13.2 Å². The molecule has 1 aromatic carbocycles. The summed E-state index contributed by atoms with van der Waals surface area (Å²) in [7, 11) is 0. The summed E-state index contributed by atoms with van der Waals surface area (Å²) in [5.41, 5.74) is 0.372. The second-order valence-corrected chi connectivity index (χ2v) is 3.12. The number of rotatable bonds is 2. The lowest BCUT2D eigenvalue weighted by Crippen LogP contribution is -2.19. The van der Waals surface area contributed by atoms with Gasteiger partial charge in [0.1, 0.15) is 0 Å². The molecule has 0 heterocycles. The number of alkyl halides is 3. The molecule has 0 radical (unpaired) electrons. The van der Waals surface area contributed by atoms with E-state index in [1.54, 1.807) is 12.1 Å². The number of benzene rings is 1. The highest BCUT2D eigenvalue weighted by molar-refractivity contribution is 6.32. The molecule has 0 saturated heterocycles. The minimum atomic E-state index is -4.84. The van der Waals surface area contributed by atoms with E-state index < -0.39 is 12.0 Å². The minimum absolute atomic E-state index is 0.295. The summed E-state index contributed by atoms with van der Waals surface area (Å²) in [4.78, 5) is 10.5. The molecule has 0 spiro atoms. The molecule has 0 bridgehead atoms. The van der Waals surface area contributed by atoms with Crippen LogP contribution in [-0.4, -0.2) is 12.0 Å². The molecule has 0 aliphatic carbocycles. The first-order chi connectivity index (χ1) is 6.91. The maximum Gasteiger partial charge on any atom is 0.454 e. The van der Waals surface area contributed by atoms with Gasteiger partial charge in [-0.3, -0.25) is 4.79 Å². The Morgan fingerprint density at radius 2 is 1.87 bits per heavy atom. The van der Waals surface area contributed by atoms with Crippen molar-refractivity contribution in [2.75, 3.05) is 0 Å². The molecule has 15 heavy (non-hydrogen) atoms. The predicted octanol–water partition coefficient (Wildman–Crippen LogP) is 3.48. The van der Waals surface area contributed by atoms with E-state index in [0.29, 0.717) is 16.7 Å². The van der Waals surface area contributed by atoms with Crippen LogP contribution in [0.25, 0.3) is 6.08 Å². The van der Waals surface area contributed by atoms with Crippen LogP contribution in [0, 0.1) is 0 Å². The van der Waals surface area contributed by atoms with Crippen molar-refractivity contribution in [2.24, 2.45) is 0 Å². The number of ketones is 1. The molecule has 0 amide bonds. The van der Waals surface area contributed by atoms with Gasteiger partial charge in [-0.15, -0.1) is 0 Å². The van der Waals surface area contributed by atoms with Crippen LogP contribution < -0.4 is 0 Å². The van der Waals surface area contributed by atoms with E-state index in [1.807, 2.05) is 0 Å². The van der Waals surface area contributed by atoms with Gasteiger partial charge in [-0.25, -0.2) is 0 Å². The van der Waals surface area contributed by atoms with Gasteiger partial charge >= 0.3 is 6.18 Å². The fourth-order valence-corrected chi connectivity index (χ4v) is 1.07. The molecular weight excluding hydrogens is 229 g/mol. The Bertz CT molecular complexity index is 396. The summed E-state index contributed by atoms with van der Waals surface area (Å²) < 4.78 is 35.5. The maximum absolute atomic E-state index is 11.8. The topological polar surface area (TPSA) is 17.1 Å². The summed E-state index contributed by atoms with van der Waals surface area (Å²) >= 11 is 5.68. The zero-order valence-corrected chi connectivity index (χ0v) is 8.14. The number of carbonyl (C=O) groups excluding carboxylic acids is 1. The molecule has 0 fully saturated rings. The van der Waals surface area contributed by atoms with Crippen molar-refractivity contribution in [3.05, 3.63) is 40.9 Å². The molecule has 0 aliphatic rings. The fourth-order valence-electron chi connectivity index (χ4n) is 0.870. The average Bonchev–Trinajstić information content (AvgIpc) is 2.14. The maximum atomic E-state index is 11.8. The third-order valence-corrected chi connectivity index (χ3v) is 1.94. The zero-order chi connectivity index (χ0) is 11.5. The molecule has 5 heteroatoms. The van der Waals surface area contributed by atoms with Crippen LogP contribution in [0.15, 0.2) is 30.3 Å². The van der Waals surface area contributed by atoms with Crippen LogP contribution >= 0.6 is 11.6 Å². The van der Waals surface area contributed by atoms with Gasteiger partial charge in [0, 0.05) is 5.02 Å². The number of allylic oxidation sites excluding steroid dienone is 1. The van der Waals surface area contributed by atoms with E-state index >= 15 is 0 Å². The van der Waals surface area contributed by atoms with Crippen LogP contribution in [0.1, 0.15) is 5.56 Å². The average molecular weight is 235 g/mol. The summed E-state index contributed by atoms with van der Waals surface area (Å²) in [6.07, 6.45) is -3.34. The van der Waals surface area contributed by atoms with E-state index in [0.717, 1.165) is 6.08 Å². The Hall–Kier alpha value is -1.29. The highest BCUT2D eigenvalue weighted by Gasteiger charge is 2.35. The van der Waals surface area contributed by atoms with Gasteiger partial charge in [0.05, 0.1) is 0 Å². The first-order valence-corrected chi connectivity index (χ1v) is 4.33. The Balaban J connectivity index is 2.84. The minimum Gasteiger partial charge on any atom is -0.285 e. The van der Waals surface area contributed by atoms with Crippen molar-refractivity contribution in [3.8, 4) is 0 Å². The second kappa shape index (κ2) is 4.49. The smallest absolute Gasteiger partial charge is 0.285 e. The van der Waals surface area contributed by atoms with Gasteiger partial charge in [-0.05, 0) is 23.8 Å². The molecule has 0 aliphatic heterocycles. The molecule has 0 N–H and O–H groups in total. The molecule has 0 aromatic heterocycles. The lowest BCUT2D eigenvalue weighted by Gasteiger charge is -2.00. The second-order valence-electron chi connectivity index (χ2n) is 2.72. The summed E-state index contributed by atoms with van der Waals surface area (Å²) in [5, 5.41) is 0.295. The van der Waals surface area contributed by atoms with Gasteiger partial charge in [-0.2, -0.15) is 13.2 Å². The van der Waals surface area contributed by atoms with Crippen LogP contribution in [0.5, 0.6) is 0 Å². The van der Waals surface area contributed by atoms with Crippen molar-refractivity contribution < 1.29 is 18.0 Å². The Labute approximate surface area is 89.2 Å². The number of hydrogen-bond acceptors (Lipinski definition) is 1. The summed E-state index contributed by atoms with van der Waals surface area (Å²) in [5.74, 6) is -1.90. The predicted molar refractivity (Wildman–Crippen MR) is 51.5 cm³/mol. The molecule has 80 valence electrons. The number of carbonyl (C=O) groups is 1. The molecule has 1 nitrogen and oxygen atoms in total. The largest absolute Gasteiger partial charge is 0.454 e. The Morgan fingerprint density at radius 3 is 2.40 bits per heavy atom. The number of halogens is 4. The van der Waals surface area contributed by atoms with Crippen LogP contribution in [0.3, 0.4) is 0 Å². The van der Waals surface area contributed by atoms with Gasteiger partial charge < -0.3 is 0 Å². The third kappa shape index (κ3) is 3.40. The highest BCUT2D eigenvalue weighted by atomic mass is 35.5. The highest BCUT2D eigenvalue weighted by Crippen LogP contribution is 2.19. The van der Waals surface area contributed by atoms with E-state index in [1.165, 1.54) is 12.1 Å². The van der Waals surface area contributed by atoms with Crippen molar-refractivity contribution in [1.29, 1.82) is 0 Å². The number of hydrogen-bond donors (Lipinski definition) is 0. The molecule has 1 rings (SSSR count). The van der Waals surface area contributed by atoms with Gasteiger partial charge in [0.25, 0.3) is 5.78 Å². The Morgan fingerprint density at radius 1 is 1.27 bits per heavy atom. The zero-order valence-electron chi connectivity index (χ0n) is 7.38. The lowest BCUT2D eigenvalue weighted by atomic mass is 10.2. The monoisotopic (exact) mass is 234 g/mol. The first-order valence-electron chi connectivity index (χ1n) is 3.95. The van der Waals surface area contributed by atoms with Crippen molar-refractivity contribution in [2.45, 2.75) is 6.18 Å². The SMILES string of the molecule is O=C(/C=C\c1ccccc1Cl)C(F)(F)F. The van der Waals surface area contributed by atoms with Crippen LogP contribution in [-0.2, 0) is 4.79 Å². The van der Waals surface area contributed by atoms with Crippen molar-refractivity contribution in [3.63, 3.8) is 0 Å².